The number of hydrogen-bond donors (Lipinski definition) is 1. The molecule has 1 aromatic carbocycles. The maximum Gasteiger partial charge on any atom is 0.122 e. The summed E-state index contributed by atoms with van der Waals surface area (Å²) in [6.07, 6.45) is 10.6. The summed E-state index contributed by atoms with van der Waals surface area (Å²) in [5, 5.41) is 0. The monoisotopic (exact) mass is 229 g/mol. The van der Waals surface area contributed by atoms with Gasteiger partial charge in [-0.1, -0.05) is 23.8 Å². The molecule has 17 heavy (non-hydrogen) atoms. The average Bonchev–Trinajstić information content (AvgIpc) is 2.84. The summed E-state index contributed by atoms with van der Waals surface area (Å²) in [6.45, 7) is 0. The van der Waals surface area contributed by atoms with Crippen LogP contribution in [0.15, 0.2) is 36.0 Å². The zero-order valence-electron chi connectivity index (χ0n) is 10.3. The first-order valence-corrected chi connectivity index (χ1v) is 6.07. The molecule has 2 N–H and O–H groups in total. The highest BCUT2D eigenvalue weighted by molar-refractivity contribution is 5.58. The fraction of sp³-hybridized carbons (Fsp3) is 0.333. The number of nitrogens with two attached hydrogens (primary N) is 1. The van der Waals surface area contributed by atoms with Crippen LogP contribution in [0.3, 0.4) is 0 Å². The highest BCUT2D eigenvalue weighted by Gasteiger charge is 2.11. The Morgan fingerprint density at radius 1 is 1.41 bits per heavy atom. The Balaban J connectivity index is 2.33. The van der Waals surface area contributed by atoms with Crippen LogP contribution in [0, 0.1) is 0 Å². The van der Waals surface area contributed by atoms with E-state index in [9.17, 15) is 0 Å². The van der Waals surface area contributed by atoms with E-state index in [1.807, 2.05) is 18.2 Å². The van der Waals surface area contributed by atoms with Crippen molar-refractivity contribution in [1.82, 2.24) is 0 Å². The van der Waals surface area contributed by atoms with Crippen molar-refractivity contribution in [2.24, 2.45) is 5.73 Å². The SMILES string of the molecule is COc1cccc(/C=C/N)c1CC1=CCCC1. The van der Waals surface area contributed by atoms with E-state index < -0.39 is 0 Å². The van der Waals surface area contributed by atoms with Crippen LogP contribution in [0.2, 0.25) is 0 Å². The Bertz CT molecular complexity index is 446. The summed E-state index contributed by atoms with van der Waals surface area (Å²) < 4.78 is 5.44. The lowest BCUT2D eigenvalue weighted by Crippen LogP contribution is -1.97. The molecular weight excluding hydrogens is 210 g/mol. The molecule has 0 fully saturated rings. The molecule has 0 unspecified atom stereocenters. The van der Waals surface area contributed by atoms with Crippen molar-refractivity contribution in [3.8, 4) is 5.75 Å². The summed E-state index contributed by atoms with van der Waals surface area (Å²) >= 11 is 0. The predicted octanol–water partition coefficient (Wildman–Crippen LogP) is 3.28. The van der Waals surface area contributed by atoms with Crippen molar-refractivity contribution >= 4 is 6.08 Å². The molecule has 0 radical (unpaired) electrons. The third-order valence-corrected chi connectivity index (χ3v) is 3.20. The third kappa shape index (κ3) is 2.70. The Hall–Kier alpha value is -1.70. The molecule has 2 nitrogen and oxygen atoms in total. The standard InChI is InChI=1S/C15H19NO/c1-17-15-8-4-7-13(9-10-16)14(15)11-12-5-2-3-6-12/h4-5,7-10H,2-3,6,11,16H2,1H3/b10-9+. The number of methoxy groups -OCH3 is 1. The van der Waals surface area contributed by atoms with Crippen molar-refractivity contribution in [3.63, 3.8) is 0 Å². The molecule has 0 aliphatic heterocycles. The molecule has 2 rings (SSSR count). The van der Waals surface area contributed by atoms with E-state index >= 15 is 0 Å². The van der Waals surface area contributed by atoms with Gasteiger partial charge in [0.1, 0.15) is 5.75 Å². The van der Waals surface area contributed by atoms with Gasteiger partial charge in [0, 0.05) is 5.56 Å². The van der Waals surface area contributed by atoms with Gasteiger partial charge >= 0.3 is 0 Å². The van der Waals surface area contributed by atoms with Crippen molar-refractivity contribution in [1.29, 1.82) is 0 Å². The largest absolute Gasteiger partial charge is 0.496 e. The summed E-state index contributed by atoms with van der Waals surface area (Å²) in [7, 11) is 1.72. The lowest BCUT2D eigenvalue weighted by molar-refractivity contribution is 0.410. The van der Waals surface area contributed by atoms with Gasteiger partial charge in [-0.05, 0) is 49.6 Å². The molecule has 0 saturated heterocycles. The van der Waals surface area contributed by atoms with Crippen LogP contribution in [0.4, 0.5) is 0 Å². The van der Waals surface area contributed by atoms with Crippen molar-refractivity contribution in [2.45, 2.75) is 25.7 Å². The van der Waals surface area contributed by atoms with E-state index in [4.69, 9.17) is 10.5 Å². The number of hydrogen-bond acceptors (Lipinski definition) is 2. The molecule has 0 spiro atoms. The Morgan fingerprint density at radius 2 is 2.29 bits per heavy atom. The van der Waals surface area contributed by atoms with Crippen LogP contribution < -0.4 is 10.5 Å². The molecule has 0 atom stereocenters. The minimum absolute atomic E-state index is 0.952. The summed E-state index contributed by atoms with van der Waals surface area (Å²) in [5.74, 6) is 0.952. The Morgan fingerprint density at radius 3 is 2.94 bits per heavy atom. The molecule has 1 aromatic rings. The second-order valence-corrected chi connectivity index (χ2v) is 4.32. The lowest BCUT2D eigenvalue weighted by Gasteiger charge is -2.12. The van der Waals surface area contributed by atoms with E-state index in [2.05, 4.69) is 12.1 Å². The fourth-order valence-electron chi connectivity index (χ4n) is 2.35. The summed E-state index contributed by atoms with van der Waals surface area (Å²) in [5.41, 5.74) is 9.40. The van der Waals surface area contributed by atoms with Gasteiger partial charge < -0.3 is 10.5 Å². The van der Waals surface area contributed by atoms with Crippen LogP contribution in [-0.2, 0) is 6.42 Å². The molecule has 0 heterocycles. The summed E-state index contributed by atoms with van der Waals surface area (Å²) in [6, 6.07) is 6.09. The van der Waals surface area contributed by atoms with Crippen LogP contribution in [0.1, 0.15) is 30.4 Å². The zero-order valence-corrected chi connectivity index (χ0v) is 10.3. The molecule has 0 amide bonds. The number of benzene rings is 1. The van der Waals surface area contributed by atoms with E-state index in [0.29, 0.717) is 0 Å². The Kier molecular flexibility index (Phi) is 3.86. The van der Waals surface area contributed by atoms with Crippen molar-refractivity contribution < 1.29 is 4.74 Å². The molecule has 2 heteroatoms. The van der Waals surface area contributed by atoms with Gasteiger partial charge in [-0.3, -0.25) is 0 Å². The minimum Gasteiger partial charge on any atom is -0.496 e. The fourth-order valence-corrected chi connectivity index (χ4v) is 2.35. The quantitative estimate of drug-likeness (QED) is 0.804. The third-order valence-electron chi connectivity index (χ3n) is 3.20. The van der Waals surface area contributed by atoms with E-state index in [-0.39, 0.29) is 0 Å². The van der Waals surface area contributed by atoms with Gasteiger partial charge in [0.2, 0.25) is 0 Å². The molecule has 90 valence electrons. The second-order valence-electron chi connectivity index (χ2n) is 4.32. The molecule has 1 aliphatic carbocycles. The first-order valence-electron chi connectivity index (χ1n) is 6.07. The lowest BCUT2D eigenvalue weighted by atomic mass is 9.98. The number of ether oxygens (including phenoxy) is 1. The van der Waals surface area contributed by atoms with Gasteiger partial charge in [-0.15, -0.1) is 0 Å². The average molecular weight is 229 g/mol. The van der Waals surface area contributed by atoms with Gasteiger partial charge in [0.05, 0.1) is 7.11 Å². The van der Waals surface area contributed by atoms with E-state index in [0.717, 1.165) is 17.7 Å². The number of rotatable bonds is 4. The number of allylic oxidation sites excluding steroid dienone is 2. The van der Waals surface area contributed by atoms with Gasteiger partial charge in [-0.25, -0.2) is 0 Å². The normalized spacial score (nSPS) is 15.2. The smallest absolute Gasteiger partial charge is 0.122 e. The molecular formula is C15H19NO. The zero-order chi connectivity index (χ0) is 12.1. The Labute approximate surface area is 103 Å². The van der Waals surface area contributed by atoms with Gasteiger partial charge in [0.25, 0.3) is 0 Å². The van der Waals surface area contributed by atoms with Crippen LogP contribution in [-0.4, -0.2) is 7.11 Å². The van der Waals surface area contributed by atoms with Crippen LogP contribution in [0.25, 0.3) is 6.08 Å². The van der Waals surface area contributed by atoms with Crippen molar-refractivity contribution in [2.75, 3.05) is 7.11 Å². The molecule has 0 saturated carbocycles. The second kappa shape index (κ2) is 5.58. The minimum atomic E-state index is 0.952. The highest BCUT2D eigenvalue weighted by atomic mass is 16.5. The topological polar surface area (TPSA) is 35.2 Å². The maximum atomic E-state index is 5.49. The predicted molar refractivity (Wildman–Crippen MR) is 71.9 cm³/mol. The summed E-state index contributed by atoms with van der Waals surface area (Å²) in [4.78, 5) is 0. The van der Waals surface area contributed by atoms with Crippen LogP contribution >= 0.6 is 0 Å². The maximum absolute atomic E-state index is 5.49. The van der Waals surface area contributed by atoms with Crippen molar-refractivity contribution in [3.05, 3.63) is 47.2 Å². The highest BCUT2D eigenvalue weighted by Crippen LogP contribution is 2.29. The first kappa shape index (κ1) is 11.8. The van der Waals surface area contributed by atoms with E-state index in [1.165, 1.54) is 30.4 Å². The first-order chi connectivity index (χ1) is 8.35. The molecule has 0 aromatic heterocycles. The molecule has 0 bridgehead atoms. The molecule has 1 aliphatic rings. The van der Waals surface area contributed by atoms with Gasteiger partial charge in [0.15, 0.2) is 0 Å². The van der Waals surface area contributed by atoms with Crippen LogP contribution in [0.5, 0.6) is 5.75 Å². The van der Waals surface area contributed by atoms with Gasteiger partial charge in [-0.2, -0.15) is 0 Å². The van der Waals surface area contributed by atoms with E-state index in [1.54, 1.807) is 13.3 Å².